The number of hydrogen-bond acceptors (Lipinski definition) is 3. The van der Waals surface area contributed by atoms with Gasteiger partial charge in [0.25, 0.3) is 0 Å². The first-order chi connectivity index (χ1) is 12.5. The molecular weight excluding hydrogens is 463 g/mol. The quantitative estimate of drug-likeness (QED) is 0.173. The van der Waals surface area contributed by atoms with Gasteiger partial charge in [0, 0.05) is 0 Å². The molecule has 0 amide bonds. The summed E-state index contributed by atoms with van der Waals surface area (Å²) in [5, 5.41) is 0. The summed E-state index contributed by atoms with van der Waals surface area (Å²) in [4.78, 5) is 0. The Morgan fingerprint density at radius 2 is 1.42 bits per heavy atom. The van der Waals surface area contributed by atoms with Gasteiger partial charge in [0.1, 0.15) is 0 Å². The first-order valence-electron chi connectivity index (χ1n) is 11.1. The second kappa shape index (κ2) is 13.3. The van der Waals surface area contributed by atoms with Crippen molar-refractivity contribution in [1.29, 1.82) is 0 Å². The third kappa shape index (κ3) is 7.46. The molecule has 0 spiro atoms. The third-order valence-electron chi connectivity index (χ3n) is 5.92. The normalized spacial score (nSPS) is 18.5. The van der Waals surface area contributed by atoms with Crippen LogP contribution in [0, 0.1) is 0 Å². The van der Waals surface area contributed by atoms with Crippen LogP contribution in [0.5, 0.6) is 0 Å². The number of ether oxygens (including phenoxy) is 1. The van der Waals surface area contributed by atoms with Gasteiger partial charge < -0.3 is 0 Å². The summed E-state index contributed by atoms with van der Waals surface area (Å²) in [7, 11) is 0. The third-order valence-corrected chi connectivity index (χ3v) is 24.2. The zero-order valence-corrected chi connectivity index (χ0v) is 22.7. The molecule has 0 N–H and O–H groups in total. The Labute approximate surface area is 177 Å². The van der Waals surface area contributed by atoms with Crippen molar-refractivity contribution in [2.45, 2.75) is 109 Å². The summed E-state index contributed by atoms with van der Waals surface area (Å²) < 4.78 is 12.8. The van der Waals surface area contributed by atoms with Crippen molar-refractivity contribution in [1.82, 2.24) is 0 Å². The zero-order chi connectivity index (χ0) is 19.5. The van der Waals surface area contributed by atoms with E-state index in [2.05, 4.69) is 64.7 Å². The molecular formula is C22H44OS2Sn. The molecule has 0 bridgehead atoms. The fourth-order valence-electron chi connectivity index (χ4n) is 4.03. The summed E-state index contributed by atoms with van der Waals surface area (Å²) >= 11 is 1.77. The molecule has 1 rings (SSSR count). The first kappa shape index (κ1) is 25.1. The number of rotatable bonds is 14. The molecule has 0 aromatic carbocycles. The minimum absolute atomic E-state index is 0.216. The van der Waals surface area contributed by atoms with E-state index in [4.69, 9.17) is 4.74 Å². The fraction of sp³-hybridized carbons (Fsp3) is 0.909. The van der Waals surface area contributed by atoms with Gasteiger partial charge in [-0.25, -0.2) is 0 Å². The summed E-state index contributed by atoms with van der Waals surface area (Å²) in [6, 6.07) is 0. The van der Waals surface area contributed by atoms with Crippen LogP contribution in [-0.2, 0) is 4.74 Å². The van der Waals surface area contributed by atoms with Crippen LogP contribution in [0.3, 0.4) is 0 Å². The summed E-state index contributed by atoms with van der Waals surface area (Å²) in [6.07, 6.45) is 10.8. The van der Waals surface area contributed by atoms with Crippen molar-refractivity contribution in [3.8, 4) is 0 Å². The van der Waals surface area contributed by atoms with E-state index in [1.807, 2.05) is 0 Å². The molecule has 0 aromatic heterocycles. The fourth-order valence-corrected chi connectivity index (χ4v) is 21.7. The Bertz CT molecular complexity index is 372. The molecule has 1 heterocycles. The first-order valence-corrected chi connectivity index (χ1v) is 20.6. The number of unbranched alkanes of at least 4 members (excludes halogenated alkanes) is 3. The maximum atomic E-state index is 6.86. The van der Waals surface area contributed by atoms with Crippen LogP contribution >= 0.6 is 23.5 Å². The average molecular weight is 507 g/mol. The predicted molar refractivity (Wildman–Crippen MR) is 127 cm³/mol. The van der Waals surface area contributed by atoms with Gasteiger partial charge >= 0.3 is 178 Å². The molecule has 0 aliphatic carbocycles. The van der Waals surface area contributed by atoms with Gasteiger partial charge in [-0.2, -0.15) is 0 Å². The summed E-state index contributed by atoms with van der Waals surface area (Å²) in [5.41, 5.74) is 0. The van der Waals surface area contributed by atoms with Gasteiger partial charge in [0.05, 0.1) is 0 Å². The minimum atomic E-state index is -2.48. The molecule has 1 atom stereocenters. The van der Waals surface area contributed by atoms with Gasteiger partial charge in [0.2, 0.25) is 0 Å². The number of thioether (sulfide) groups is 2. The van der Waals surface area contributed by atoms with E-state index in [1.54, 1.807) is 0 Å². The van der Waals surface area contributed by atoms with E-state index in [-0.39, 0.29) is 4.08 Å². The molecule has 0 radical (unpaired) electrons. The van der Waals surface area contributed by atoms with E-state index in [0.717, 1.165) is 6.42 Å². The SMILES string of the molecule is C=[C](OC(CC)C1(C)SCCCS1)[Sn]([CH2]CCC)([CH2]CCC)[CH2]CCC. The molecule has 4 heteroatoms. The zero-order valence-electron chi connectivity index (χ0n) is 18.2. The van der Waals surface area contributed by atoms with Crippen LogP contribution in [-0.4, -0.2) is 40.1 Å². The number of hydrogen-bond donors (Lipinski definition) is 0. The van der Waals surface area contributed by atoms with Crippen LogP contribution in [0.25, 0.3) is 0 Å². The summed E-state index contributed by atoms with van der Waals surface area (Å²) in [6.45, 7) is 16.4. The van der Waals surface area contributed by atoms with Crippen LogP contribution in [0.4, 0.5) is 0 Å². The summed E-state index contributed by atoms with van der Waals surface area (Å²) in [5.74, 6) is 2.57. The van der Waals surface area contributed by atoms with Gasteiger partial charge in [-0.15, -0.1) is 0 Å². The molecule has 26 heavy (non-hydrogen) atoms. The van der Waals surface area contributed by atoms with Gasteiger partial charge in [-0.1, -0.05) is 0 Å². The van der Waals surface area contributed by atoms with Crippen LogP contribution in [0.1, 0.15) is 86.0 Å². The van der Waals surface area contributed by atoms with Crippen molar-refractivity contribution >= 4 is 41.9 Å². The van der Waals surface area contributed by atoms with E-state index in [0.29, 0.717) is 6.10 Å². The Morgan fingerprint density at radius 1 is 0.962 bits per heavy atom. The molecule has 1 nitrogen and oxygen atoms in total. The molecule has 1 unspecified atom stereocenters. The second-order valence-corrected chi connectivity index (χ2v) is 24.6. The topological polar surface area (TPSA) is 9.23 Å². The van der Waals surface area contributed by atoms with E-state index >= 15 is 0 Å². The van der Waals surface area contributed by atoms with Gasteiger partial charge in [-0.3, -0.25) is 0 Å². The Hall–Kier alpha value is 1.04. The van der Waals surface area contributed by atoms with Crippen LogP contribution < -0.4 is 0 Å². The Kier molecular flexibility index (Phi) is 12.8. The average Bonchev–Trinajstić information content (AvgIpc) is 2.66. The predicted octanol–water partition coefficient (Wildman–Crippen LogP) is 8.27. The Morgan fingerprint density at radius 3 is 1.81 bits per heavy atom. The maximum absolute atomic E-state index is 6.86. The molecule has 1 aliphatic rings. The molecule has 0 saturated carbocycles. The van der Waals surface area contributed by atoms with Crippen molar-refractivity contribution in [3.05, 3.63) is 10.4 Å². The van der Waals surface area contributed by atoms with E-state index < -0.39 is 18.4 Å². The molecule has 0 aromatic rings. The Balaban J connectivity index is 2.95. The van der Waals surface area contributed by atoms with Gasteiger partial charge in [-0.05, 0) is 0 Å². The monoisotopic (exact) mass is 508 g/mol. The van der Waals surface area contributed by atoms with Gasteiger partial charge in [0.15, 0.2) is 0 Å². The standard InChI is InChI=1S/C10H17OS2.3C4H9.Sn/c1-4-9(11-5-2)10(3)12-7-6-8-13-10;3*1-3-4-2;/h9H,2,4,6-8H2,1,3H3;3*1,3-4H2,2H3;. The van der Waals surface area contributed by atoms with E-state index in [9.17, 15) is 0 Å². The van der Waals surface area contributed by atoms with Crippen molar-refractivity contribution in [3.63, 3.8) is 0 Å². The van der Waals surface area contributed by atoms with Crippen molar-refractivity contribution in [2.24, 2.45) is 0 Å². The molecule has 1 aliphatic heterocycles. The molecule has 1 saturated heterocycles. The molecule has 154 valence electrons. The van der Waals surface area contributed by atoms with Crippen molar-refractivity contribution in [2.75, 3.05) is 11.5 Å². The second-order valence-electron chi connectivity index (χ2n) is 8.10. The van der Waals surface area contributed by atoms with Crippen LogP contribution in [0.2, 0.25) is 13.3 Å². The van der Waals surface area contributed by atoms with Crippen LogP contribution in [0.15, 0.2) is 10.4 Å². The van der Waals surface area contributed by atoms with Crippen molar-refractivity contribution < 1.29 is 4.74 Å². The van der Waals surface area contributed by atoms with E-state index in [1.165, 1.54) is 73.5 Å². The molecule has 1 fully saturated rings.